The molecule has 0 saturated carbocycles. The number of hydrogen-bond acceptors (Lipinski definition) is 16. The summed E-state index contributed by atoms with van der Waals surface area (Å²) in [5, 5.41) is 18.0. The van der Waals surface area contributed by atoms with Crippen molar-refractivity contribution in [2.45, 2.75) is 39.5 Å². The van der Waals surface area contributed by atoms with Crippen LogP contribution in [-0.2, 0) is 66.7 Å². The summed E-state index contributed by atoms with van der Waals surface area (Å²) in [6.07, 6.45) is 2.63. The zero-order chi connectivity index (χ0) is 25.9. The van der Waals surface area contributed by atoms with Gasteiger partial charge in [0.1, 0.15) is 0 Å². The molecule has 2 unspecified atom stereocenters. The average molecular weight is 602 g/mol. The maximum absolute atomic E-state index is 11.2. The summed E-state index contributed by atoms with van der Waals surface area (Å²) in [5.74, 6) is 0. The van der Waals surface area contributed by atoms with Gasteiger partial charge in [0.15, 0.2) is 0 Å². The van der Waals surface area contributed by atoms with Gasteiger partial charge >= 0.3 is 40.2 Å². The molecule has 0 aromatic rings. The molecule has 0 aromatic heterocycles. The molecule has 0 spiro atoms. The number of unbranched alkanes of at least 4 members (excludes halogenated alkanes) is 2. The van der Waals surface area contributed by atoms with Gasteiger partial charge in [0.2, 0.25) is 0 Å². The van der Waals surface area contributed by atoms with Gasteiger partial charge in [-0.3, -0.25) is 26.7 Å². The number of phosphoric ester groups is 2. The van der Waals surface area contributed by atoms with E-state index in [2.05, 4.69) is 26.7 Å². The smallest absolute Gasteiger partial charge is 0.855 e. The summed E-state index contributed by atoms with van der Waals surface area (Å²) >= 11 is 0. The third-order valence-electron chi connectivity index (χ3n) is 2.43. The Balaban J connectivity index is -0.0000000968. The average Bonchev–Trinajstić information content (AvgIpc) is 2.66. The Morgan fingerprint density at radius 2 is 0.939 bits per heavy atom. The van der Waals surface area contributed by atoms with Crippen molar-refractivity contribution in [1.29, 1.82) is 0 Å². The minimum absolute atomic E-state index is 0. The van der Waals surface area contributed by atoms with E-state index in [0.29, 0.717) is 12.8 Å². The molecule has 0 saturated heterocycles. The Morgan fingerprint density at radius 3 is 1.09 bits per heavy atom. The van der Waals surface area contributed by atoms with Crippen LogP contribution in [0.1, 0.15) is 42.4 Å². The molecule has 0 aromatic carbocycles. The van der Waals surface area contributed by atoms with Crippen LogP contribution in [0.15, 0.2) is 0 Å². The molecule has 16 nitrogen and oxygen atoms in total. The van der Waals surface area contributed by atoms with Crippen LogP contribution in [0.2, 0.25) is 0 Å². The molecule has 0 heterocycles. The van der Waals surface area contributed by atoms with Crippen molar-refractivity contribution < 1.29 is 99.3 Å². The Hall–Kier alpha value is 1.15. The zero-order valence-corrected chi connectivity index (χ0v) is 23.6. The van der Waals surface area contributed by atoms with Gasteiger partial charge in [0, 0.05) is 14.2 Å². The van der Waals surface area contributed by atoms with Crippen LogP contribution in [0.3, 0.4) is 0 Å². The van der Waals surface area contributed by atoms with E-state index in [0.717, 1.165) is 27.1 Å². The Bertz CT molecular complexity index is 594. The third kappa shape index (κ3) is 31.1. The minimum Gasteiger partial charge on any atom is -0.855 e. The van der Waals surface area contributed by atoms with Crippen molar-refractivity contribution in [2.75, 3.05) is 40.6 Å². The van der Waals surface area contributed by atoms with Gasteiger partial charge in [-0.05, 0) is 12.8 Å². The second kappa shape index (κ2) is 22.4. The molecule has 2 atom stereocenters. The van der Waals surface area contributed by atoms with E-state index in [4.69, 9.17) is 10.2 Å². The molecule has 0 aliphatic heterocycles. The fourth-order valence-corrected chi connectivity index (χ4v) is 4.89. The molecule has 0 N–H and O–H groups in total. The maximum Gasteiger partial charge on any atom is 4.00 e. The van der Waals surface area contributed by atoms with Gasteiger partial charge in [0.25, 0.3) is 0 Å². The maximum atomic E-state index is 11.2. The van der Waals surface area contributed by atoms with Crippen LogP contribution in [0.25, 0.3) is 0 Å². The molecular formula is C12H30O16P4Ti. The topological polar surface area (TPSA) is 262 Å². The van der Waals surface area contributed by atoms with Gasteiger partial charge < -0.3 is 38.9 Å². The molecule has 0 rings (SSSR count). The summed E-state index contributed by atoms with van der Waals surface area (Å²) < 4.78 is 67.6. The van der Waals surface area contributed by atoms with Crippen LogP contribution in [0.4, 0.5) is 0 Å². The van der Waals surface area contributed by atoms with Crippen molar-refractivity contribution in [3.8, 4) is 0 Å². The first-order valence-corrected chi connectivity index (χ1v) is 14.6. The van der Waals surface area contributed by atoms with E-state index < -0.39 is 44.5 Å². The molecule has 0 amide bonds. The van der Waals surface area contributed by atoms with E-state index in [-0.39, 0.29) is 37.8 Å². The molecule has 0 aliphatic rings. The molecule has 0 bridgehead atoms. The second-order valence-electron chi connectivity index (χ2n) is 5.10. The van der Waals surface area contributed by atoms with Gasteiger partial charge in [-0.15, -0.1) is 0 Å². The number of phosphoric acid groups is 4. The quantitative estimate of drug-likeness (QED) is 0.120. The summed E-state index contributed by atoms with van der Waals surface area (Å²) in [5.41, 5.74) is 0. The van der Waals surface area contributed by atoms with Crippen LogP contribution in [0.5, 0.6) is 0 Å². The van der Waals surface area contributed by atoms with Gasteiger partial charge in [-0.2, -0.15) is 13.2 Å². The van der Waals surface area contributed by atoms with Crippen LogP contribution < -0.4 is 29.8 Å². The van der Waals surface area contributed by atoms with Crippen LogP contribution in [-0.4, -0.2) is 40.6 Å². The van der Waals surface area contributed by atoms with Crippen molar-refractivity contribution in [2.24, 2.45) is 0 Å². The molecule has 198 valence electrons. The fourth-order valence-electron chi connectivity index (χ4n) is 1.11. The SMILES string of the molecule is CCCCOP(=O)(OC)OP(=O)([O-])[O-].CCCCOP(=O)(OC)OP(=O)([O-])[O-].[H+].[H+].[O-]CC[O-].[Ti+4]. The number of rotatable bonds is 15. The second-order valence-corrected chi connectivity index (χ2v) is 11.2. The first-order valence-electron chi connectivity index (χ1n) is 8.81. The van der Waals surface area contributed by atoms with Crippen molar-refractivity contribution in [3.63, 3.8) is 0 Å². The van der Waals surface area contributed by atoms with Crippen LogP contribution >= 0.6 is 31.3 Å². The molecular weight excluding hydrogens is 572 g/mol. The molecule has 33 heavy (non-hydrogen) atoms. The Morgan fingerprint density at radius 1 is 0.667 bits per heavy atom. The van der Waals surface area contributed by atoms with E-state index in [1.54, 1.807) is 0 Å². The Kier molecular flexibility index (Phi) is 28.0. The van der Waals surface area contributed by atoms with Crippen molar-refractivity contribution in [3.05, 3.63) is 0 Å². The first-order chi connectivity index (χ1) is 14.6. The first kappa shape index (κ1) is 41.3. The number of hydrogen-bond donors (Lipinski definition) is 0. The molecule has 0 aliphatic carbocycles. The molecule has 0 fully saturated rings. The summed E-state index contributed by atoms with van der Waals surface area (Å²) in [6, 6.07) is 0. The minimum atomic E-state index is -5.37. The van der Waals surface area contributed by atoms with Gasteiger partial charge in [-0.1, -0.05) is 26.7 Å². The standard InChI is InChI=1S/2C5H14O7P2.C2H4O2.Ti/c2*1-3-4-5-11-14(9,10-2)12-13(6,7)8;3-1-2-4;/h2*3-5H2,1-2H3,(H2,6,7,8);1-2H2;/q;;-2;+4/p-2. The predicted molar refractivity (Wildman–Crippen MR) is 100 cm³/mol. The zero-order valence-electron chi connectivity index (χ0n) is 20.5. The van der Waals surface area contributed by atoms with Crippen LogP contribution in [0, 0.1) is 0 Å². The van der Waals surface area contributed by atoms with Crippen molar-refractivity contribution in [1.82, 2.24) is 0 Å². The summed E-state index contributed by atoms with van der Waals surface area (Å²) in [7, 11) is -17.3. The third-order valence-corrected chi connectivity index (χ3v) is 7.52. The van der Waals surface area contributed by atoms with Crippen molar-refractivity contribution >= 4 is 31.3 Å². The Labute approximate surface area is 210 Å². The summed E-state index contributed by atoms with van der Waals surface area (Å²) in [6.45, 7) is 2.74. The monoisotopic (exact) mass is 602 g/mol. The molecule has 0 radical (unpaired) electrons. The van der Waals surface area contributed by atoms with Gasteiger partial charge in [-0.25, -0.2) is 9.13 Å². The largest absolute Gasteiger partial charge is 4.00 e. The van der Waals surface area contributed by atoms with Gasteiger partial charge in [0.05, 0.1) is 28.9 Å². The van der Waals surface area contributed by atoms with E-state index >= 15 is 0 Å². The fraction of sp³-hybridized carbons (Fsp3) is 1.00. The predicted octanol–water partition coefficient (Wildman–Crippen LogP) is -1.26. The molecule has 21 heteroatoms. The van der Waals surface area contributed by atoms with E-state index in [1.165, 1.54) is 0 Å². The van der Waals surface area contributed by atoms with E-state index in [9.17, 15) is 37.8 Å². The normalized spacial score (nSPS) is 15.0. The van der Waals surface area contributed by atoms with E-state index in [1.807, 2.05) is 13.8 Å². The summed E-state index contributed by atoms with van der Waals surface area (Å²) in [4.78, 5) is 40.6.